The lowest BCUT2D eigenvalue weighted by atomic mass is 10.1. The largest absolute Gasteiger partial charge is 0.462 e. The molecule has 4 heterocycles. The van der Waals surface area contributed by atoms with Gasteiger partial charge in [0.15, 0.2) is 0 Å². The van der Waals surface area contributed by atoms with Crippen molar-refractivity contribution in [3.63, 3.8) is 0 Å². The molecule has 0 bridgehead atoms. The van der Waals surface area contributed by atoms with Crippen LogP contribution in [0.4, 0.5) is 0 Å². The molecule has 1 aromatic carbocycles. The first-order valence-electron chi connectivity index (χ1n) is 11.0. The van der Waals surface area contributed by atoms with E-state index in [1.807, 2.05) is 59.3 Å². The van der Waals surface area contributed by atoms with Gasteiger partial charge in [0.25, 0.3) is 5.56 Å². The Bertz CT molecular complexity index is 1530. The predicted molar refractivity (Wildman–Crippen MR) is 128 cm³/mol. The minimum atomic E-state index is -0.452. The molecule has 0 spiro atoms. The normalized spacial score (nSPS) is 11.4. The summed E-state index contributed by atoms with van der Waals surface area (Å²) in [5, 5.41) is 8.69. The van der Waals surface area contributed by atoms with Crippen LogP contribution in [-0.2, 0) is 24.9 Å². The summed E-state index contributed by atoms with van der Waals surface area (Å²) in [6.07, 6.45) is 5.40. The van der Waals surface area contributed by atoms with Crippen molar-refractivity contribution in [3.8, 4) is 5.69 Å². The molecule has 0 saturated heterocycles. The molecule has 5 rings (SSSR count). The highest BCUT2D eigenvalue weighted by Gasteiger charge is 2.21. The van der Waals surface area contributed by atoms with E-state index in [-0.39, 0.29) is 12.2 Å². The molecule has 0 aliphatic carbocycles. The number of hydrogen-bond donors (Lipinski definition) is 1. The topological polar surface area (TPSA) is 95.5 Å². The SMILES string of the molecule is CCOC(=O)c1cnn(-c2cc(=O)n(C)c3ccccc23)c1CNCc1cn2ccccc2n1. The second kappa shape index (κ2) is 8.95. The lowest BCUT2D eigenvalue weighted by Gasteiger charge is -2.14. The molecular weight excluding hydrogens is 432 g/mol. The zero-order valence-electron chi connectivity index (χ0n) is 18.9. The van der Waals surface area contributed by atoms with Crippen molar-refractivity contribution in [2.45, 2.75) is 20.0 Å². The van der Waals surface area contributed by atoms with Crippen LogP contribution in [0.3, 0.4) is 0 Å². The molecule has 0 fully saturated rings. The summed E-state index contributed by atoms with van der Waals surface area (Å²) >= 11 is 0. The first kappa shape index (κ1) is 21.6. The number of fused-ring (bicyclic) bond motifs is 2. The number of hydrogen-bond acceptors (Lipinski definition) is 6. The van der Waals surface area contributed by atoms with E-state index in [2.05, 4.69) is 15.4 Å². The van der Waals surface area contributed by atoms with Crippen LogP contribution in [-0.4, -0.2) is 36.3 Å². The Morgan fingerprint density at radius 2 is 1.94 bits per heavy atom. The molecule has 0 aliphatic rings. The van der Waals surface area contributed by atoms with Crippen molar-refractivity contribution in [2.75, 3.05) is 6.61 Å². The quantitative estimate of drug-likeness (QED) is 0.379. The number of carbonyl (C=O) groups excluding carboxylic acids is 1. The summed E-state index contributed by atoms with van der Waals surface area (Å²) in [6.45, 7) is 2.84. The summed E-state index contributed by atoms with van der Waals surface area (Å²) in [6, 6.07) is 15.0. The van der Waals surface area contributed by atoms with Crippen LogP contribution in [0.1, 0.15) is 28.7 Å². The maximum absolute atomic E-state index is 12.7. The van der Waals surface area contributed by atoms with Gasteiger partial charge in [-0.05, 0) is 25.1 Å². The molecule has 1 N–H and O–H groups in total. The zero-order valence-corrected chi connectivity index (χ0v) is 18.9. The first-order valence-corrected chi connectivity index (χ1v) is 11.0. The Morgan fingerprint density at radius 3 is 2.76 bits per heavy atom. The van der Waals surface area contributed by atoms with Crippen LogP contribution >= 0.6 is 0 Å². The highest BCUT2D eigenvalue weighted by Crippen LogP contribution is 2.23. The molecule has 9 nitrogen and oxygen atoms in total. The number of nitrogens with zero attached hydrogens (tertiary/aromatic N) is 5. The van der Waals surface area contributed by atoms with E-state index in [4.69, 9.17) is 4.74 Å². The Kier molecular flexibility index (Phi) is 5.69. The smallest absolute Gasteiger partial charge is 0.341 e. The average molecular weight is 457 g/mol. The molecular formula is C25H24N6O3. The molecule has 34 heavy (non-hydrogen) atoms. The molecule has 172 valence electrons. The molecule has 0 amide bonds. The maximum atomic E-state index is 12.7. The Morgan fingerprint density at radius 1 is 1.12 bits per heavy atom. The fourth-order valence-electron chi connectivity index (χ4n) is 4.08. The van der Waals surface area contributed by atoms with Crippen LogP contribution in [0.5, 0.6) is 0 Å². The maximum Gasteiger partial charge on any atom is 0.341 e. The van der Waals surface area contributed by atoms with Crippen molar-refractivity contribution in [1.29, 1.82) is 0 Å². The summed E-state index contributed by atoms with van der Waals surface area (Å²) in [4.78, 5) is 29.9. The van der Waals surface area contributed by atoms with Gasteiger partial charge in [0.1, 0.15) is 11.2 Å². The number of para-hydroxylation sites is 1. The van der Waals surface area contributed by atoms with Gasteiger partial charge in [0.2, 0.25) is 0 Å². The number of pyridine rings is 2. The van der Waals surface area contributed by atoms with E-state index in [0.717, 1.165) is 22.2 Å². The Hall–Kier alpha value is -4.24. The third-order valence-corrected chi connectivity index (χ3v) is 5.74. The zero-order chi connectivity index (χ0) is 23.7. The van der Waals surface area contributed by atoms with Gasteiger partial charge in [-0.15, -0.1) is 0 Å². The number of imidazole rings is 1. The van der Waals surface area contributed by atoms with E-state index >= 15 is 0 Å². The number of rotatable bonds is 7. The summed E-state index contributed by atoms with van der Waals surface area (Å²) in [5.74, 6) is -0.452. The number of benzene rings is 1. The molecule has 0 atom stereocenters. The van der Waals surface area contributed by atoms with Gasteiger partial charge in [0, 0.05) is 44.0 Å². The second-order valence-corrected chi connectivity index (χ2v) is 7.88. The fraction of sp³-hybridized carbons (Fsp3) is 0.200. The van der Waals surface area contributed by atoms with Crippen LogP contribution in [0.15, 0.2) is 71.9 Å². The Labute approximate surface area is 195 Å². The Balaban J connectivity index is 1.53. The number of esters is 1. The average Bonchev–Trinajstić information content (AvgIpc) is 3.45. The number of aromatic nitrogens is 5. The van der Waals surface area contributed by atoms with Crippen molar-refractivity contribution < 1.29 is 9.53 Å². The summed E-state index contributed by atoms with van der Waals surface area (Å²) in [5.41, 5.74) is 3.93. The van der Waals surface area contributed by atoms with Crippen molar-refractivity contribution in [3.05, 3.63) is 94.4 Å². The lowest BCUT2D eigenvalue weighted by Crippen LogP contribution is -2.21. The molecule has 0 unspecified atom stereocenters. The first-order chi connectivity index (χ1) is 16.6. The van der Waals surface area contributed by atoms with Gasteiger partial charge in [-0.25, -0.2) is 14.5 Å². The van der Waals surface area contributed by atoms with Crippen molar-refractivity contribution in [1.82, 2.24) is 29.0 Å². The highest BCUT2D eigenvalue weighted by molar-refractivity contribution is 5.92. The summed E-state index contributed by atoms with van der Waals surface area (Å²) in [7, 11) is 1.74. The van der Waals surface area contributed by atoms with Gasteiger partial charge in [-0.3, -0.25) is 4.79 Å². The highest BCUT2D eigenvalue weighted by atomic mass is 16.5. The second-order valence-electron chi connectivity index (χ2n) is 7.88. The minimum Gasteiger partial charge on any atom is -0.462 e. The van der Waals surface area contributed by atoms with Gasteiger partial charge < -0.3 is 19.0 Å². The number of carbonyl (C=O) groups is 1. The molecule has 4 aromatic heterocycles. The van der Waals surface area contributed by atoms with Gasteiger partial charge in [-0.1, -0.05) is 24.3 Å². The molecule has 0 radical (unpaired) electrons. The van der Waals surface area contributed by atoms with E-state index in [9.17, 15) is 9.59 Å². The van der Waals surface area contributed by atoms with Crippen molar-refractivity contribution in [2.24, 2.45) is 7.05 Å². The number of ether oxygens (including phenoxy) is 1. The third-order valence-electron chi connectivity index (χ3n) is 5.74. The molecule has 5 aromatic rings. The van der Waals surface area contributed by atoms with Crippen LogP contribution in [0, 0.1) is 0 Å². The third kappa shape index (κ3) is 3.86. The van der Waals surface area contributed by atoms with Gasteiger partial charge >= 0.3 is 5.97 Å². The standard InChI is InChI=1S/C25H24N6O3/c1-3-34-25(33)19-14-27-31(21-12-24(32)29(2)20-9-5-4-8-18(20)21)22(19)15-26-13-17-16-30-11-7-6-10-23(30)28-17/h4-12,14,16,26H,3,13,15H2,1-2H3. The van der Waals surface area contributed by atoms with Gasteiger partial charge in [-0.2, -0.15) is 5.10 Å². The fourth-order valence-corrected chi connectivity index (χ4v) is 4.08. The summed E-state index contributed by atoms with van der Waals surface area (Å²) < 4.78 is 10.4. The predicted octanol–water partition coefficient (Wildman–Crippen LogP) is 2.84. The minimum absolute atomic E-state index is 0.162. The monoisotopic (exact) mass is 456 g/mol. The van der Waals surface area contributed by atoms with E-state index in [0.29, 0.717) is 30.0 Å². The van der Waals surface area contributed by atoms with Crippen LogP contribution in [0.25, 0.3) is 22.2 Å². The van der Waals surface area contributed by atoms with E-state index < -0.39 is 5.97 Å². The van der Waals surface area contributed by atoms with E-state index in [1.54, 1.807) is 23.2 Å². The van der Waals surface area contributed by atoms with Crippen molar-refractivity contribution >= 4 is 22.5 Å². The van der Waals surface area contributed by atoms with E-state index in [1.165, 1.54) is 12.3 Å². The van der Waals surface area contributed by atoms with Gasteiger partial charge in [0.05, 0.1) is 35.4 Å². The van der Waals surface area contributed by atoms with Crippen LogP contribution < -0.4 is 10.9 Å². The lowest BCUT2D eigenvalue weighted by molar-refractivity contribution is 0.0525. The van der Waals surface area contributed by atoms with Crippen LogP contribution in [0.2, 0.25) is 0 Å². The molecule has 0 saturated carbocycles. The number of nitrogens with one attached hydrogen (secondary N) is 1. The molecule has 0 aliphatic heterocycles. The number of aryl methyl sites for hydroxylation is 1. The molecule has 9 heteroatoms.